The van der Waals surface area contributed by atoms with Crippen LogP contribution in [0, 0.1) is 10.1 Å². The molecule has 5 aromatic rings. The van der Waals surface area contributed by atoms with Gasteiger partial charge in [0.05, 0.1) is 21.2 Å². The van der Waals surface area contributed by atoms with Gasteiger partial charge in [-0.2, -0.15) is 9.61 Å². The van der Waals surface area contributed by atoms with Crippen LogP contribution in [0.3, 0.4) is 0 Å². The van der Waals surface area contributed by atoms with Crippen LogP contribution in [0.25, 0.3) is 28.3 Å². The lowest BCUT2D eigenvalue weighted by molar-refractivity contribution is -0.384. The summed E-state index contributed by atoms with van der Waals surface area (Å²) in [6.45, 7) is 0. The van der Waals surface area contributed by atoms with Crippen LogP contribution in [0.2, 0.25) is 5.02 Å². The molecule has 0 saturated carbocycles. The van der Waals surface area contributed by atoms with Crippen molar-refractivity contribution in [1.82, 2.24) is 24.8 Å². The SMILES string of the molecule is O=C(Nc1cccc(-c2ccc3nnc(-c4ccncc4)n3n2)c1)c1cc([N+](=O)[O-])ccc1Cl. The van der Waals surface area contributed by atoms with Crippen molar-refractivity contribution >= 4 is 34.5 Å². The second kappa shape index (κ2) is 8.68. The van der Waals surface area contributed by atoms with Crippen LogP contribution in [-0.2, 0) is 0 Å². The van der Waals surface area contributed by atoms with E-state index in [0.717, 1.165) is 17.2 Å². The number of pyridine rings is 1. The van der Waals surface area contributed by atoms with E-state index in [1.807, 2.05) is 18.2 Å². The van der Waals surface area contributed by atoms with Crippen molar-refractivity contribution in [1.29, 1.82) is 0 Å². The van der Waals surface area contributed by atoms with E-state index in [9.17, 15) is 14.9 Å². The van der Waals surface area contributed by atoms with Gasteiger partial charge in [0.25, 0.3) is 11.6 Å². The number of benzene rings is 2. The highest BCUT2D eigenvalue weighted by Gasteiger charge is 2.17. The fourth-order valence-corrected chi connectivity index (χ4v) is 3.58. The molecule has 3 aromatic heterocycles. The molecule has 10 nitrogen and oxygen atoms in total. The van der Waals surface area contributed by atoms with Crippen LogP contribution in [0.5, 0.6) is 0 Å². The summed E-state index contributed by atoms with van der Waals surface area (Å²) in [5, 5.41) is 26.9. The molecule has 3 heterocycles. The van der Waals surface area contributed by atoms with Crippen molar-refractivity contribution in [2.24, 2.45) is 0 Å². The van der Waals surface area contributed by atoms with Crippen molar-refractivity contribution in [3.8, 4) is 22.6 Å². The fourth-order valence-electron chi connectivity index (χ4n) is 3.38. The summed E-state index contributed by atoms with van der Waals surface area (Å²) < 4.78 is 1.64. The second-order valence-electron chi connectivity index (χ2n) is 7.20. The third-order valence-corrected chi connectivity index (χ3v) is 5.35. The number of anilines is 1. The maximum atomic E-state index is 12.7. The zero-order valence-corrected chi connectivity index (χ0v) is 18.0. The first-order valence-corrected chi connectivity index (χ1v) is 10.4. The first kappa shape index (κ1) is 21.2. The van der Waals surface area contributed by atoms with E-state index in [1.165, 1.54) is 12.1 Å². The van der Waals surface area contributed by atoms with E-state index >= 15 is 0 Å². The van der Waals surface area contributed by atoms with Gasteiger partial charge in [0.2, 0.25) is 0 Å². The Morgan fingerprint density at radius 3 is 2.59 bits per heavy atom. The number of rotatable bonds is 5. The van der Waals surface area contributed by atoms with E-state index in [4.69, 9.17) is 11.6 Å². The Hall–Kier alpha value is -4.70. The number of non-ortho nitro benzene ring substituents is 1. The summed E-state index contributed by atoms with van der Waals surface area (Å²) in [7, 11) is 0. The first-order chi connectivity index (χ1) is 16.5. The molecule has 2 aromatic carbocycles. The lowest BCUT2D eigenvalue weighted by Crippen LogP contribution is -2.13. The predicted molar refractivity (Wildman–Crippen MR) is 126 cm³/mol. The van der Waals surface area contributed by atoms with E-state index < -0.39 is 10.8 Å². The van der Waals surface area contributed by atoms with Crippen molar-refractivity contribution in [3.05, 3.63) is 99.8 Å². The molecule has 0 radical (unpaired) electrons. The summed E-state index contributed by atoms with van der Waals surface area (Å²) in [6.07, 6.45) is 3.33. The smallest absolute Gasteiger partial charge is 0.270 e. The highest BCUT2D eigenvalue weighted by molar-refractivity contribution is 6.34. The quantitative estimate of drug-likeness (QED) is 0.291. The molecule has 0 aliphatic heterocycles. The number of nitrogens with zero attached hydrogens (tertiary/aromatic N) is 6. The number of carbonyl (C=O) groups excluding carboxylic acids is 1. The molecule has 0 fully saturated rings. The van der Waals surface area contributed by atoms with Crippen LogP contribution < -0.4 is 5.32 Å². The molecule has 0 saturated heterocycles. The zero-order chi connectivity index (χ0) is 23.7. The predicted octanol–water partition coefficient (Wildman–Crippen LogP) is 4.67. The Balaban J connectivity index is 1.46. The summed E-state index contributed by atoms with van der Waals surface area (Å²) in [4.78, 5) is 27.2. The maximum Gasteiger partial charge on any atom is 0.270 e. The number of hydrogen-bond donors (Lipinski definition) is 1. The number of carbonyl (C=O) groups is 1. The first-order valence-electron chi connectivity index (χ1n) is 9.98. The normalized spacial score (nSPS) is 10.9. The molecular weight excluding hydrogens is 458 g/mol. The van der Waals surface area contributed by atoms with Crippen LogP contribution in [0.4, 0.5) is 11.4 Å². The van der Waals surface area contributed by atoms with Gasteiger partial charge in [-0.1, -0.05) is 23.7 Å². The van der Waals surface area contributed by atoms with Crippen LogP contribution in [0.1, 0.15) is 10.4 Å². The third-order valence-electron chi connectivity index (χ3n) is 5.02. The van der Waals surface area contributed by atoms with E-state index in [-0.39, 0.29) is 16.3 Å². The minimum absolute atomic E-state index is 0.00676. The van der Waals surface area contributed by atoms with Gasteiger partial charge >= 0.3 is 0 Å². The van der Waals surface area contributed by atoms with Gasteiger partial charge in [-0.25, -0.2) is 0 Å². The van der Waals surface area contributed by atoms with Crippen LogP contribution in [-0.4, -0.2) is 35.6 Å². The number of nitro benzene ring substituents is 1. The molecule has 1 N–H and O–H groups in total. The van der Waals surface area contributed by atoms with Crippen LogP contribution in [0.15, 0.2) is 79.1 Å². The third kappa shape index (κ3) is 4.05. The molecule has 5 rings (SSSR count). The minimum atomic E-state index is -0.583. The topological polar surface area (TPSA) is 128 Å². The van der Waals surface area contributed by atoms with E-state index in [1.54, 1.807) is 47.2 Å². The lowest BCUT2D eigenvalue weighted by Gasteiger charge is -2.09. The molecule has 0 bridgehead atoms. The molecule has 11 heteroatoms. The summed E-state index contributed by atoms with van der Waals surface area (Å²) in [5.74, 6) is 0.0112. The number of hydrogen-bond acceptors (Lipinski definition) is 7. The number of amides is 1. The summed E-state index contributed by atoms with van der Waals surface area (Å²) >= 11 is 6.09. The van der Waals surface area contributed by atoms with Gasteiger partial charge in [0, 0.05) is 41.3 Å². The van der Waals surface area contributed by atoms with E-state index in [0.29, 0.717) is 22.9 Å². The number of nitrogens with one attached hydrogen (secondary N) is 1. The molecule has 0 aliphatic rings. The monoisotopic (exact) mass is 471 g/mol. The summed E-state index contributed by atoms with van der Waals surface area (Å²) in [5.41, 5.74) is 3.03. The molecule has 34 heavy (non-hydrogen) atoms. The molecule has 0 aliphatic carbocycles. The average molecular weight is 472 g/mol. The number of halogens is 1. The highest BCUT2D eigenvalue weighted by Crippen LogP contribution is 2.26. The molecule has 0 unspecified atom stereocenters. The fraction of sp³-hybridized carbons (Fsp3) is 0. The van der Waals surface area contributed by atoms with Crippen molar-refractivity contribution < 1.29 is 9.72 Å². The van der Waals surface area contributed by atoms with Gasteiger partial charge in [-0.15, -0.1) is 10.2 Å². The van der Waals surface area contributed by atoms with Crippen molar-refractivity contribution in [2.75, 3.05) is 5.32 Å². The highest BCUT2D eigenvalue weighted by atomic mass is 35.5. The molecule has 0 spiro atoms. The Kier molecular flexibility index (Phi) is 5.40. The maximum absolute atomic E-state index is 12.7. The van der Waals surface area contributed by atoms with Gasteiger partial charge in [-0.3, -0.25) is 19.9 Å². The van der Waals surface area contributed by atoms with Crippen molar-refractivity contribution in [2.45, 2.75) is 0 Å². The van der Waals surface area contributed by atoms with E-state index in [2.05, 4.69) is 25.6 Å². The Labute approximate surface area is 197 Å². The van der Waals surface area contributed by atoms with Crippen molar-refractivity contribution in [3.63, 3.8) is 0 Å². The lowest BCUT2D eigenvalue weighted by atomic mass is 10.1. The number of fused-ring (bicyclic) bond motifs is 1. The Morgan fingerprint density at radius 1 is 0.971 bits per heavy atom. The molecular formula is C23H14ClN7O3. The van der Waals surface area contributed by atoms with Gasteiger partial charge < -0.3 is 5.32 Å². The molecule has 0 atom stereocenters. The molecule has 1 amide bonds. The number of aromatic nitrogens is 5. The second-order valence-corrected chi connectivity index (χ2v) is 7.61. The van der Waals surface area contributed by atoms with Gasteiger partial charge in [0.1, 0.15) is 0 Å². The Bertz CT molecular complexity index is 1550. The summed E-state index contributed by atoms with van der Waals surface area (Å²) in [6, 6.07) is 18.0. The Morgan fingerprint density at radius 2 is 1.79 bits per heavy atom. The zero-order valence-electron chi connectivity index (χ0n) is 17.3. The minimum Gasteiger partial charge on any atom is -0.322 e. The average Bonchev–Trinajstić information content (AvgIpc) is 3.28. The van der Waals surface area contributed by atoms with Gasteiger partial charge in [-0.05, 0) is 42.5 Å². The number of nitro groups is 1. The van der Waals surface area contributed by atoms with Crippen LogP contribution >= 0.6 is 11.6 Å². The molecule has 166 valence electrons. The largest absolute Gasteiger partial charge is 0.322 e. The van der Waals surface area contributed by atoms with Gasteiger partial charge in [0.15, 0.2) is 11.5 Å². The standard InChI is InChI=1S/C23H14ClN7O3/c24-19-5-4-17(31(33)34)13-18(19)23(32)26-16-3-1-2-15(12-16)20-6-7-21-27-28-22(30(21)29-20)14-8-10-25-11-9-14/h1-13H,(H,26,32).